The summed E-state index contributed by atoms with van der Waals surface area (Å²) in [6, 6.07) is 20.0. The van der Waals surface area contributed by atoms with Crippen LogP contribution in [0.4, 0.5) is 5.95 Å². The first-order valence-corrected chi connectivity index (χ1v) is 12.0. The lowest BCUT2D eigenvalue weighted by atomic mass is 10.2. The molecule has 0 aliphatic rings. The Labute approximate surface area is 208 Å². The first kappa shape index (κ1) is 22.6. The predicted octanol–water partition coefficient (Wildman–Crippen LogP) is 6.46. The average molecular weight is 605 g/mol. The molecular weight excluding hydrogens is 583 g/mol. The smallest absolute Gasteiger partial charge is 0.224 e. The Kier molecular flexibility index (Phi) is 7.31. The third kappa shape index (κ3) is 5.07. The summed E-state index contributed by atoms with van der Waals surface area (Å²) < 4.78 is 15.7. The number of aryl methyl sites for hydroxylation is 1. The standard InChI is InChI=1S/C24H22BrIN4O2/c1-3-30-21-7-5-4-6-20(21)28-24(30)29-27-14-17-12-19(26)23(22(13-17)31-2)32-15-16-8-10-18(25)11-9-16/h4-14H,3,15H2,1-2H3,(H,28,29)/b27-14-. The van der Waals surface area contributed by atoms with E-state index in [9.17, 15) is 0 Å². The number of ether oxygens (including phenoxy) is 2. The highest BCUT2D eigenvalue weighted by molar-refractivity contribution is 14.1. The lowest BCUT2D eigenvalue weighted by Gasteiger charge is -2.13. The van der Waals surface area contributed by atoms with E-state index in [1.807, 2.05) is 54.6 Å². The SMILES string of the molecule is CCn1c(N/N=C\c2cc(I)c(OCc3ccc(Br)cc3)c(OC)c2)nc2ccccc21. The van der Waals surface area contributed by atoms with Gasteiger partial charge in [-0.3, -0.25) is 0 Å². The van der Waals surface area contributed by atoms with Crippen LogP contribution >= 0.6 is 38.5 Å². The van der Waals surface area contributed by atoms with E-state index in [4.69, 9.17) is 9.47 Å². The van der Waals surface area contributed by atoms with Gasteiger partial charge in [0.1, 0.15) is 6.61 Å². The number of anilines is 1. The molecule has 0 aliphatic heterocycles. The highest BCUT2D eigenvalue weighted by atomic mass is 127. The highest BCUT2D eigenvalue weighted by Crippen LogP contribution is 2.34. The minimum Gasteiger partial charge on any atom is -0.493 e. The number of hydrogen-bond acceptors (Lipinski definition) is 5. The number of benzene rings is 3. The Morgan fingerprint density at radius 2 is 1.94 bits per heavy atom. The number of halogens is 2. The maximum Gasteiger partial charge on any atom is 0.224 e. The molecule has 0 unspecified atom stereocenters. The number of hydrazone groups is 1. The minimum atomic E-state index is 0.460. The molecule has 0 fully saturated rings. The Hall–Kier alpha value is -2.59. The zero-order chi connectivity index (χ0) is 22.5. The summed E-state index contributed by atoms with van der Waals surface area (Å²) in [5.74, 6) is 2.09. The summed E-state index contributed by atoms with van der Waals surface area (Å²) in [6.07, 6.45) is 1.75. The molecule has 8 heteroatoms. The molecule has 0 saturated carbocycles. The van der Waals surface area contributed by atoms with E-state index in [1.165, 1.54) is 0 Å². The van der Waals surface area contributed by atoms with Crippen molar-refractivity contribution in [1.82, 2.24) is 9.55 Å². The summed E-state index contributed by atoms with van der Waals surface area (Å²) in [6.45, 7) is 3.35. The van der Waals surface area contributed by atoms with E-state index in [2.05, 4.69) is 71.6 Å². The summed E-state index contributed by atoms with van der Waals surface area (Å²) in [7, 11) is 1.64. The molecule has 164 valence electrons. The van der Waals surface area contributed by atoms with Crippen LogP contribution in [0, 0.1) is 3.57 Å². The summed E-state index contributed by atoms with van der Waals surface area (Å²) in [5, 5.41) is 4.40. The molecule has 0 bridgehead atoms. The fraction of sp³-hybridized carbons (Fsp3) is 0.167. The third-order valence-electron chi connectivity index (χ3n) is 4.90. The second kappa shape index (κ2) is 10.4. The van der Waals surface area contributed by atoms with E-state index in [0.29, 0.717) is 24.1 Å². The second-order valence-electron chi connectivity index (χ2n) is 6.99. The van der Waals surface area contributed by atoms with E-state index in [-0.39, 0.29) is 0 Å². The van der Waals surface area contributed by atoms with Crippen LogP contribution in [0.3, 0.4) is 0 Å². The Bertz CT molecular complexity index is 1260. The molecule has 0 saturated heterocycles. The minimum absolute atomic E-state index is 0.460. The van der Waals surface area contributed by atoms with E-state index < -0.39 is 0 Å². The first-order chi connectivity index (χ1) is 15.6. The number of hydrogen-bond donors (Lipinski definition) is 1. The molecule has 4 rings (SSSR count). The molecule has 3 aromatic carbocycles. The van der Waals surface area contributed by atoms with Crippen LogP contribution in [0.5, 0.6) is 11.5 Å². The van der Waals surface area contributed by atoms with E-state index >= 15 is 0 Å². The van der Waals surface area contributed by atoms with Gasteiger partial charge in [0.2, 0.25) is 5.95 Å². The number of para-hydroxylation sites is 2. The summed E-state index contributed by atoms with van der Waals surface area (Å²) in [5.41, 5.74) is 7.07. The van der Waals surface area contributed by atoms with Gasteiger partial charge < -0.3 is 14.0 Å². The Morgan fingerprint density at radius 3 is 2.69 bits per heavy atom. The van der Waals surface area contributed by atoms with Gasteiger partial charge in [-0.15, -0.1) is 0 Å². The molecule has 1 aromatic heterocycles. The van der Waals surface area contributed by atoms with Crippen molar-refractivity contribution in [3.05, 3.63) is 79.8 Å². The molecule has 0 atom stereocenters. The fourth-order valence-corrected chi connectivity index (χ4v) is 4.38. The van der Waals surface area contributed by atoms with Crippen LogP contribution in [0.1, 0.15) is 18.1 Å². The number of imidazole rings is 1. The largest absolute Gasteiger partial charge is 0.493 e. The van der Waals surface area contributed by atoms with Gasteiger partial charge in [0.25, 0.3) is 0 Å². The van der Waals surface area contributed by atoms with Crippen LogP contribution in [0.2, 0.25) is 0 Å². The normalized spacial score (nSPS) is 11.2. The van der Waals surface area contributed by atoms with Crippen molar-refractivity contribution >= 4 is 61.7 Å². The topological polar surface area (TPSA) is 60.7 Å². The van der Waals surface area contributed by atoms with Gasteiger partial charge in [-0.25, -0.2) is 10.4 Å². The van der Waals surface area contributed by atoms with Crippen molar-refractivity contribution in [2.75, 3.05) is 12.5 Å². The zero-order valence-electron chi connectivity index (χ0n) is 17.7. The van der Waals surface area contributed by atoms with Crippen molar-refractivity contribution in [1.29, 1.82) is 0 Å². The van der Waals surface area contributed by atoms with Gasteiger partial charge in [-0.05, 0) is 77.0 Å². The predicted molar refractivity (Wildman–Crippen MR) is 141 cm³/mol. The highest BCUT2D eigenvalue weighted by Gasteiger charge is 2.12. The summed E-state index contributed by atoms with van der Waals surface area (Å²) >= 11 is 5.71. The number of aromatic nitrogens is 2. The third-order valence-corrected chi connectivity index (χ3v) is 6.23. The lowest BCUT2D eigenvalue weighted by molar-refractivity contribution is 0.282. The van der Waals surface area contributed by atoms with Gasteiger partial charge >= 0.3 is 0 Å². The van der Waals surface area contributed by atoms with Gasteiger partial charge in [-0.1, -0.05) is 40.2 Å². The molecule has 32 heavy (non-hydrogen) atoms. The molecule has 4 aromatic rings. The number of fused-ring (bicyclic) bond motifs is 1. The lowest BCUT2D eigenvalue weighted by Crippen LogP contribution is -2.03. The van der Waals surface area contributed by atoms with Crippen molar-refractivity contribution < 1.29 is 9.47 Å². The number of nitrogens with zero attached hydrogens (tertiary/aromatic N) is 3. The maximum absolute atomic E-state index is 6.06. The molecule has 1 N–H and O–H groups in total. The van der Waals surface area contributed by atoms with Crippen LogP contribution in [0.15, 0.2) is 70.2 Å². The molecule has 0 amide bonds. The molecule has 0 aliphatic carbocycles. The zero-order valence-corrected chi connectivity index (χ0v) is 21.4. The Balaban J connectivity index is 1.50. The molecule has 0 radical (unpaired) electrons. The van der Waals surface area contributed by atoms with Crippen LogP contribution in [-0.4, -0.2) is 22.9 Å². The number of nitrogens with one attached hydrogen (secondary N) is 1. The van der Waals surface area contributed by atoms with Crippen LogP contribution < -0.4 is 14.9 Å². The monoisotopic (exact) mass is 604 g/mol. The van der Waals surface area contributed by atoms with Gasteiger partial charge in [0.05, 0.1) is 27.9 Å². The van der Waals surface area contributed by atoms with Crippen molar-refractivity contribution in [3.63, 3.8) is 0 Å². The maximum atomic E-state index is 6.06. The fourth-order valence-electron chi connectivity index (χ4n) is 3.34. The molecule has 0 spiro atoms. The van der Waals surface area contributed by atoms with Gasteiger partial charge in [0, 0.05) is 11.0 Å². The molecular formula is C24H22BrIN4O2. The Morgan fingerprint density at radius 1 is 1.16 bits per heavy atom. The van der Waals surface area contributed by atoms with Crippen molar-refractivity contribution in [2.45, 2.75) is 20.1 Å². The number of rotatable bonds is 8. The summed E-state index contributed by atoms with van der Waals surface area (Å²) in [4.78, 5) is 4.63. The van der Waals surface area contributed by atoms with E-state index in [0.717, 1.165) is 36.7 Å². The average Bonchev–Trinajstić information content (AvgIpc) is 3.16. The first-order valence-electron chi connectivity index (χ1n) is 10.1. The van der Waals surface area contributed by atoms with E-state index in [1.54, 1.807) is 13.3 Å². The van der Waals surface area contributed by atoms with Crippen molar-refractivity contribution in [2.24, 2.45) is 5.10 Å². The quantitative estimate of drug-likeness (QED) is 0.142. The molecule has 6 nitrogen and oxygen atoms in total. The van der Waals surface area contributed by atoms with Gasteiger partial charge in [-0.2, -0.15) is 5.10 Å². The number of methoxy groups -OCH3 is 1. The van der Waals surface area contributed by atoms with Crippen LogP contribution in [0.25, 0.3) is 11.0 Å². The van der Waals surface area contributed by atoms with Crippen LogP contribution in [-0.2, 0) is 13.2 Å². The van der Waals surface area contributed by atoms with Gasteiger partial charge in [0.15, 0.2) is 11.5 Å². The second-order valence-corrected chi connectivity index (χ2v) is 9.07. The van der Waals surface area contributed by atoms with Crippen molar-refractivity contribution in [3.8, 4) is 11.5 Å². The molecule has 1 heterocycles.